The SMILES string of the molecule is CC(Oc1cccc(O)c1)C1CCC(CN2Cc3ccc(OCc4ccccc4)c(F)c3C2=O)CC1. The van der Waals surface area contributed by atoms with Gasteiger partial charge in [-0.3, -0.25) is 4.79 Å². The number of carbonyl (C=O) groups excluding carboxylic acids is 1. The van der Waals surface area contributed by atoms with Gasteiger partial charge in [0, 0.05) is 19.2 Å². The van der Waals surface area contributed by atoms with Crippen molar-refractivity contribution in [1.29, 1.82) is 0 Å². The van der Waals surface area contributed by atoms with Crippen LogP contribution in [0.15, 0.2) is 66.7 Å². The van der Waals surface area contributed by atoms with E-state index in [9.17, 15) is 9.90 Å². The van der Waals surface area contributed by atoms with Gasteiger partial charge in [-0.05, 0) is 73.8 Å². The normalized spacial score (nSPS) is 20.2. The van der Waals surface area contributed by atoms with E-state index in [0.29, 0.717) is 30.7 Å². The Kier molecular flexibility index (Phi) is 7.12. The lowest BCUT2D eigenvalue weighted by atomic mass is 9.79. The van der Waals surface area contributed by atoms with Crippen molar-refractivity contribution >= 4 is 5.91 Å². The number of hydrogen-bond acceptors (Lipinski definition) is 4. The van der Waals surface area contributed by atoms with Crippen LogP contribution >= 0.6 is 0 Å². The maximum atomic E-state index is 15.2. The number of carbonyl (C=O) groups is 1. The second kappa shape index (κ2) is 10.6. The molecule has 1 aliphatic carbocycles. The number of halogens is 1. The molecule has 0 radical (unpaired) electrons. The molecule has 5 nitrogen and oxygen atoms in total. The molecule has 0 saturated heterocycles. The number of rotatable bonds is 8. The highest BCUT2D eigenvalue weighted by molar-refractivity contribution is 5.99. The first-order valence-corrected chi connectivity index (χ1v) is 12.7. The van der Waals surface area contributed by atoms with Gasteiger partial charge < -0.3 is 19.5 Å². The Labute approximate surface area is 211 Å². The summed E-state index contributed by atoms with van der Waals surface area (Å²) in [7, 11) is 0. The summed E-state index contributed by atoms with van der Waals surface area (Å²) >= 11 is 0. The van der Waals surface area contributed by atoms with E-state index in [1.54, 1.807) is 29.2 Å². The smallest absolute Gasteiger partial charge is 0.257 e. The lowest BCUT2D eigenvalue weighted by Gasteiger charge is -2.34. The van der Waals surface area contributed by atoms with Gasteiger partial charge in [-0.15, -0.1) is 0 Å². The summed E-state index contributed by atoms with van der Waals surface area (Å²) in [4.78, 5) is 14.9. The highest BCUT2D eigenvalue weighted by atomic mass is 19.1. The molecule has 0 bridgehead atoms. The van der Waals surface area contributed by atoms with Crippen molar-refractivity contribution in [3.63, 3.8) is 0 Å². The molecule has 1 saturated carbocycles. The van der Waals surface area contributed by atoms with Crippen molar-refractivity contribution in [3.05, 3.63) is 89.2 Å². The first kappa shape index (κ1) is 24.2. The summed E-state index contributed by atoms with van der Waals surface area (Å²) in [6, 6.07) is 19.9. The van der Waals surface area contributed by atoms with Crippen molar-refractivity contribution in [2.75, 3.05) is 6.54 Å². The Morgan fingerprint density at radius 1 is 1.03 bits per heavy atom. The average molecular weight is 490 g/mol. The molecule has 1 heterocycles. The molecule has 5 rings (SSSR count). The van der Waals surface area contributed by atoms with E-state index in [2.05, 4.69) is 6.92 Å². The summed E-state index contributed by atoms with van der Waals surface area (Å²) in [6.07, 6.45) is 4.10. The Hall–Kier alpha value is -3.54. The zero-order chi connectivity index (χ0) is 25.1. The third-order valence-electron chi connectivity index (χ3n) is 7.47. The Bertz CT molecular complexity index is 1210. The summed E-state index contributed by atoms with van der Waals surface area (Å²) in [6.45, 7) is 3.42. The zero-order valence-electron chi connectivity index (χ0n) is 20.5. The molecule has 3 aromatic rings. The van der Waals surface area contributed by atoms with Crippen LogP contribution in [-0.2, 0) is 13.2 Å². The summed E-state index contributed by atoms with van der Waals surface area (Å²) in [5.41, 5.74) is 1.83. The number of hydrogen-bond donors (Lipinski definition) is 1. The molecule has 1 atom stereocenters. The third kappa shape index (κ3) is 5.32. The van der Waals surface area contributed by atoms with Gasteiger partial charge in [0.05, 0.1) is 11.7 Å². The highest BCUT2D eigenvalue weighted by Gasteiger charge is 2.35. The van der Waals surface area contributed by atoms with Gasteiger partial charge in [0.25, 0.3) is 5.91 Å². The number of phenols is 1. The molecular weight excluding hydrogens is 457 g/mol. The molecule has 0 aromatic heterocycles. The van der Waals surface area contributed by atoms with Gasteiger partial charge >= 0.3 is 0 Å². The number of phenolic OH excluding ortho intramolecular Hbond substituents is 1. The average Bonchev–Trinajstić information content (AvgIpc) is 3.20. The second-order valence-corrected chi connectivity index (χ2v) is 9.97. The van der Waals surface area contributed by atoms with Gasteiger partial charge in [0.15, 0.2) is 11.6 Å². The van der Waals surface area contributed by atoms with E-state index < -0.39 is 5.82 Å². The largest absolute Gasteiger partial charge is 0.508 e. The molecule has 1 fully saturated rings. The fourth-order valence-electron chi connectivity index (χ4n) is 5.41. The number of nitrogens with zero attached hydrogens (tertiary/aromatic N) is 1. The maximum Gasteiger partial charge on any atom is 0.257 e. The molecule has 1 amide bonds. The number of benzene rings is 3. The molecule has 3 aromatic carbocycles. The third-order valence-corrected chi connectivity index (χ3v) is 7.47. The van der Waals surface area contributed by atoms with E-state index in [1.807, 2.05) is 42.5 Å². The lowest BCUT2D eigenvalue weighted by Crippen LogP contribution is -2.34. The first-order chi connectivity index (χ1) is 17.5. The molecule has 1 unspecified atom stereocenters. The minimum absolute atomic E-state index is 0.0498. The van der Waals surface area contributed by atoms with Crippen LogP contribution in [-0.4, -0.2) is 28.6 Å². The molecule has 36 heavy (non-hydrogen) atoms. The number of fused-ring (bicyclic) bond motifs is 1. The lowest BCUT2D eigenvalue weighted by molar-refractivity contribution is 0.0682. The van der Waals surface area contributed by atoms with E-state index in [1.165, 1.54) is 0 Å². The molecule has 0 spiro atoms. The van der Waals surface area contributed by atoms with Gasteiger partial charge in [0.1, 0.15) is 18.1 Å². The van der Waals surface area contributed by atoms with Crippen LogP contribution in [0.3, 0.4) is 0 Å². The summed E-state index contributed by atoms with van der Waals surface area (Å²) in [5.74, 6) is 1.02. The van der Waals surface area contributed by atoms with Crippen LogP contribution in [0.25, 0.3) is 0 Å². The van der Waals surface area contributed by atoms with E-state index >= 15 is 4.39 Å². The fourth-order valence-corrected chi connectivity index (χ4v) is 5.41. The van der Waals surface area contributed by atoms with Crippen molar-refractivity contribution in [2.45, 2.75) is 51.9 Å². The fraction of sp³-hybridized carbons (Fsp3) is 0.367. The topological polar surface area (TPSA) is 59.0 Å². The number of amides is 1. The monoisotopic (exact) mass is 489 g/mol. The molecule has 2 aliphatic rings. The minimum Gasteiger partial charge on any atom is -0.508 e. The van der Waals surface area contributed by atoms with Crippen molar-refractivity contribution in [2.24, 2.45) is 11.8 Å². The summed E-state index contributed by atoms with van der Waals surface area (Å²) < 4.78 is 27.0. The minimum atomic E-state index is -0.558. The van der Waals surface area contributed by atoms with E-state index in [0.717, 1.165) is 36.8 Å². The zero-order valence-corrected chi connectivity index (χ0v) is 20.5. The predicted octanol–water partition coefficient (Wildman–Crippen LogP) is 6.34. The van der Waals surface area contributed by atoms with Crippen LogP contribution in [0.4, 0.5) is 4.39 Å². The van der Waals surface area contributed by atoms with Gasteiger partial charge in [0.2, 0.25) is 0 Å². The Morgan fingerprint density at radius 2 is 1.81 bits per heavy atom. The number of ether oxygens (including phenoxy) is 2. The molecule has 188 valence electrons. The summed E-state index contributed by atoms with van der Waals surface area (Å²) in [5, 5.41) is 9.66. The molecule has 1 aliphatic heterocycles. The quantitative estimate of drug-likeness (QED) is 0.401. The van der Waals surface area contributed by atoms with Gasteiger partial charge in [-0.2, -0.15) is 0 Å². The van der Waals surface area contributed by atoms with Crippen molar-refractivity contribution in [1.82, 2.24) is 4.90 Å². The second-order valence-electron chi connectivity index (χ2n) is 9.97. The Morgan fingerprint density at radius 3 is 2.56 bits per heavy atom. The molecule has 1 N–H and O–H groups in total. The van der Waals surface area contributed by atoms with Crippen LogP contribution in [0.1, 0.15) is 54.1 Å². The van der Waals surface area contributed by atoms with Gasteiger partial charge in [-0.1, -0.05) is 42.5 Å². The van der Waals surface area contributed by atoms with Gasteiger partial charge in [-0.25, -0.2) is 4.39 Å². The van der Waals surface area contributed by atoms with E-state index in [-0.39, 0.29) is 35.7 Å². The molecular formula is C30H32FNO4. The Balaban J connectivity index is 1.14. The number of aromatic hydroxyl groups is 1. The van der Waals surface area contributed by atoms with Crippen molar-refractivity contribution in [3.8, 4) is 17.2 Å². The predicted molar refractivity (Wildman–Crippen MR) is 136 cm³/mol. The molecule has 6 heteroatoms. The van der Waals surface area contributed by atoms with Crippen molar-refractivity contribution < 1.29 is 23.8 Å². The van der Waals surface area contributed by atoms with E-state index in [4.69, 9.17) is 9.47 Å². The standard InChI is InChI=1S/C30H32FNO4/c1-20(36-26-9-5-8-25(33)16-26)23-12-10-21(11-13-23)17-32-18-24-14-15-27(29(31)28(24)30(32)34)35-19-22-6-3-2-4-7-22/h2-9,14-16,20-21,23,33H,10-13,17-19H2,1H3. The highest BCUT2D eigenvalue weighted by Crippen LogP contribution is 2.36. The van der Waals surface area contributed by atoms with Crippen LogP contribution in [0.5, 0.6) is 17.2 Å². The maximum absolute atomic E-state index is 15.2. The van der Waals surface area contributed by atoms with Crippen LogP contribution < -0.4 is 9.47 Å². The first-order valence-electron chi connectivity index (χ1n) is 12.7. The van der Waals surface area contributed by atoms with Crippen LogP contribution in [0, 0.1) is 17.7 Å². The van der Waals surface area contributed by atoms with Crippen LogP contribution in [0.2, 0.25) is 0 Å².